The molecule has 0 spiro atoms. The first-order chi connectivity index (χ1) is 11.3. The van der Waals surface area contributed by atoms with Crippen molar-refractivity contribution < 1.29 is 9.59 Å². The summed E-state index contributed by atoms with van der Waals surface area (Å²) in [6.07, 6.45) is 1.40. The van der Waals surface area contributed by atoms with Gasteiger partial charge in [-0.1, -0.05) is 35.8 Å². The van der Waals surface area contributed by atoms with E-state index in [1.54, 1.807) is 12.1 Å². The molecule has 0 saturated heterocycles. The second-order valence-corrected chi connectivity index (χ2v) is 6.32. The van der Waals surface area contributed by atoms with Crippen LogP contribution in [0.3, 0.4) is 0 Å². The number of halogens is 2. The van der Waals surface area contributed by atoms with Crippen LogP contribution in [0.1, 0.15) is 18.9 Å². The van der Waals surface area contributed by atoms with Gasteiger partial charge in [0.05, 0.1) is 21.4 Å². The molecule has 0 saturated carbocycles. The van der Waals surface area contributed by atoms with Crippen LogP contribution in [-0.4, -0.2) is 18.0 Å². The summed E-state index contributed by atoms with van der Waals surface area (Å²) in [6.45, 7) is 5.46. The molecular weight excluding hydrogens is 351 g/mol. The number of carbonyl (C=O) groups is 2. The van der Waals surface area contributed by atoms with Crippen LogP contribution < -0.4 is 21.7 Å². The molecule has 1 aromatic rings. The second-order valence-electron chi connectivity index (χ2n) is 5.51. The first kappa shape index (κ1) is 18.2. The van der Waals surface area contributed by atoms with Crippen molar-refractivity contribution in [2.75, 3.05) is 0 Å². The van der Waals surface area contributed by atoms with Gasteiger partial charge in [0.2, 0.25) is 0 Å². The van der Waals surface area contributed by atoms with Crippen LogP contribution in [0.25, 0.3) is 0 Å². The molecule has 0 fully saturated rings. The van der Waals surface area contributed by atoms with Crippen molar-refractivity contribution >= 4 is 35.1 Å². The number of aryl methyl sites for hydroxylation is 1. The normalized spacial score (nSPS) is 15.6. The molecule has 8 heteroatoms. The summed E-state index contributed by atoms with van der Waals surface area (Å²) in [5.74, 6) is -0.454. The fourth-order valence-electron chi connectivity index (χ4n) is 2.19. The number of amides is 3. The average Bonchev–Trinajstić information content (AvgIpc) is 2.52. The SMILES string of the molecule is C=C1NC(=O)NC(C(=O)N[C@H](C)CCc2ccc(Cl)c(Cl)c2)=C1N. The lowest BCUT2D eigenvalue weighted by Gasteiger charge is -2.22. The molecule has 3 amide bonds. The number of carbonyl (C=O) groups excluding carboxylic acids is 2. The molecule has 24 heavy (non-hydrogen) atoms. The van der Waals surface area contributed by atoms with Crippen LogP contribution in [-0.2, 0) is 11.2 Å². The Labute approximate surface area is 150 Å². The Morgan fingerprint density at radius 2 is 2.04 bits per heavy atom. The summed E-state index contributed by atoms with van der Waals surface area (Å²) in [7, 11) is 0. The smallest absolute Gasteiger partial charge is 0.323 e. The summed E-state index contributed by atoms with van der Waals surface area (Å²) in [4.78, 5) is 23.7. The van der Waals surface area contributed by atoms with Gasteiger partial charge in [-0.05, 0) is 37.5 Å². The molecule has 0 unspecified atom stereocenters. The molecule has 6 nitrogen and oxygen atoms in total. The van der Waals surface area contributed by atoms with E-state index in [1.165, 1.54) is 0 Å². The molecular formula is C16H18Cl2N4O2. The van der Waals surface area contributed by atoms with E-state index >= 15 is 0 Å². The zero-order valence-corrected chi connectivity index (χ0v) is 14.6. The van der Waals surface area contributed by atoms with Crippen molar-refractivity contribution in [2.24, 2.45) is 5.73 Å². The van der Waals surface area contributed by atoms with Gasteiger partial charge in [-0.15, -0.1) is 0 Å². The topological polar surface area (TPSA) is 96.2 Å². The molecule has 1 heterocycles. The fourth-order valence-corrected chi connectivity index (χ4v) is 2.51. The van der Waals surface area contributed by atoms with Crippen molar-refractivity contribution in [1.82, 2.24) is 16.0 Å². The number of benzene rings is 1. The Bertz CT molecular complexity index is 731. The summed E-state index contributed by atoms with van der Waals surface area (Å²) in [5.41, 5.74) is 7.11. The highest BCUT2D eigenvalue weighted by Crippen LogP contribution is 2.23. The minimum atomic E-state index is -0.539. The number of rotatable bonds is 5. The Balaban J connectivity index is 1.94. The van der Waals surface area contributed by atoms with Crippen molar-refractivity contribution in [3.63, 3.8) is 0 Å². The van der Waals surface area contributed by atoms with Gasteiger partial charge in [0.15, 0.2) is 0 Å². The Morgan fingerprint density at radius 3 is 2.71 bits per heavy atom. The highest BCUT2D eigenvalue weighted by Gasteiger charge is 2.24. The summed E-state index contributed by atoms with van der Waals surface area (Å²) in [5, 5.41) is 8.59. The van der Waals surface area contributed by atoms with E-state index in [1.807, 2.05) is 13.0 Å². The average molecular weight is 369 g/mol. The predicted octanol–water partition coefficient (Wildman–Crippen LogP) is 2.43. The van der Waals surface area contributed by atoms with Crippen molar-refractivity contribution in [1.29, 1.82) is 0 Å². The second kappa shape index (κ2) is 7.59. The lowest BCUT2D eigenvalue weighted by Crippen LogP contribution is -2.48. The molecule has 1 aromatic carbocycles. The first-order valence-electron chi connectivity index (χ1n) is 7.29. The number of hydrogen-bond donors (Lipinski definition) is 4. The maximum Gasteiger partial charge on any atom is 0.323 e. The minimum Gasteiger partial charge on any atom is -0.395 e. The zero-order valence-electron chi connectivity index (χ0n) is 13.1. The molecule has 1 aliphatic heterocycles. The highest BCUT2D eigenvalue weighted by molar-refractivity contribution is 6.42. The van der Waals surface area contributed by atoms with Gasteiger partial charge < -0.3 is 21.7 Å². The molecule has 0 radical (unpaired) electrons. The van der Waals surface area contributed by atoms with Gasteiger partial charge in [-0.3, -0.25) is 4.79 Å². The monoisotopic (exact) mass is 368 g/mol. The number of nitrogens with one attached hydrogen (secondary N) is 3. The van der Waals surface area contributed by atoms with Crippen molar-refractivity contribution in [3.05, 3.63) is 57.5 Å². The van der Waals surface area contributed by atoms with Crippen molar-refractivity contribution in [3.8, 4) is 0 Å². The third kappa shape index (κ3) is 4.43. The van der Waals surface area contributed by atoms with Crippen LogP contribution in [0.15, 0.2) is 41.9 Å². The maximum absolute atomic E-state index is 12.2. The van der Waals surface area contributed by atoms with E-state index in [2.05, 4.69) is 22.5 Å². The summed E-state index contributed by atoms with van der Waals surface area (Å²) >= 11 is 11.9. The predicted molar refractivity (Wildman–Crippen MR) is 94.4 cm³/mol. The van der Waals surface area contributed by atoms with Crippen LogP contribution in [0.4, 0.5) is 4.79 Å². The van der Waals surface area contributed by atoms with Gasteiger partial charge in [0.1, 0.15) is 5.70 Å². The standard InChI is InChI=1S/C16H18Cl2N4O2/c1-8(3-4-10-5-6-11(17)12(18)7-10)20-15(23)14-13(19)9(2)21-16(24)22-14/h5-8H,2-4,19H2,1H3,(H,20,23)(H2,21,22,24)/t8-/m1/s1. The Morgan fingerprint density at radius 1 is 1.33 bits per heavy atom. The van der Waals surface area contributed by atoms with Gasteiger partial charge in [-0.25, -0.2) is 4.79 Å². The third-order valence-electron chi connectivity index (χ3n) is 3.55. The molecule has 1 aliphatic rings. The van der Waals surface area contributed by atoms with Crippen LogP contribution in [0.2, 0.25) is 10.0 Å². The van der Waals surface area contributed by atoms with E-state index in [0.29, 0.717) is 22.9 Å². The maximum atomic E-state index is 12.2. The van der Waals surface area contributed by atoms with E-state index in [9.17, 15) is 9.59 Å². The van der Waals surface area contributed by atoms with Crippen LogP contribution in [0.5, 0.6) is 0 Å². The van der Waals surface area contributed by atoms with E-state index in [0.717, 1.165) is 5.56 Å². The number of hydrogen-bond acceptors (Lipinski definition) is 3. The van der Waals surface area contributed by atoms with Crippen molar-refractivity contribution in [2.45, 2.75) is 25.8 Å². The lowest BCUT2D eigenvalue weighted by molar-refractivity contribution is -0.118. The molecule has 1 atom stereocenters. The minimum absolute atomic E-state index is 0.00476. The molecule has 0 aromatic heterocycles. The molecule has 2 rings (SSSR count). The summed E-state index contributed by atoms with van der Waals surface area (Å²) < 4.78 is 0. The van der Waals surface area contributed by atoms with Gasteiger partial charge in [0.25, 0.3) is 5.91 Å². The molecule has 0 bridgehead atoms. The molecule has 0 aliphatic carbocycles. The van der Waals surface area contributed by atoms with Crippen LogP contribution >= 0.6 is 23.2 Å². The van der Waals surface area contributed by atoms with Crippen LogP contribution in [0, 0.1) is 0 Å². The van der Waals surface area contributed by atoms with E-state index in [-0.39, 0.29) is 23.1 Å². The van der Waals surface area contributed by atoms with Gasteiger partial charge in [0, 0.05) is 6.04 Å². The largest absolute Gasteiger partial charge is 0.395 e. The fraction of sp³-hybridized carbons (Fsp3) is 0.250. The Kier molecular flexibility index (Phi) is 5.75. The third-order valence-corrected chi connectivity index (χ3v) is 4.29. The van der Waals surface area contributed by atoms with E-state index in [4.69, 9.17) is 28.9 Å². The van der Waals surface area contributed by atoms with Gasteiger partial charge >= 0.3 is 6.03 Å². The quantitative estimate of drug-likeness (QED) is 0.642. The Hall–Kier alpha value is -2.18. The first-order valence-corrected chi connectivity index (χ1v) is 8.05. The summed E-state index contributed by atoms with van der Waals surface area (Å²) in [6, 6.07) is 4.76. The number of urea groups is 1. The lowest BCUT2D eigenvalue weighted by atomic mass is 10.1. The molecule has 5 N–H and O–H groups in total. The van der Waals surface area contributed by atoms with Gasteiger partial charge in [-0.2, -0.15) is 0 Å². The van der Waals surface area contributed by atoms with E-state index < -0.39 is 11.9 Å². The number of nitrogens with two attached hydrogens (primary N) is 1. The molecule has 128 valence electrons. The highest BCUT2D eigenvalue weighted by atomic mass is 35.5. The zero-order chi connectivity index (χ0) is 17.9.